The molecule has 114 valence electrons. The Morgan fingerprint density at radius 1 is 1.19 bits per heavy atom. The molecular formula is C16H22N2O3. The van der Waals surface area contributed by atoms with Gasteiger partial charge in [0.1, 0.15) is 0 Å². The minimum atomic E-state index is -0.428. The van der Waals surface area contributed by atoms with Gasteiger partial charge in [-0.1, -0.05) is 31.5 Å². The molecule has 5 heteroatoms. The maximum Gasteiger partial charge on any atom is 0.321 e. The van der Waals surface area contributed by atoms with Gasteiger partial charge in [-0.3, -0.25) is 4.79 Å². The summed E-state index contributed by atoms with van der Waals surface area (Å²) in [6.45, 7) is 7.81. The number of urea groups is 1. The van der Waals surface area contributed by atoms with Crippen LogP contribution in [0.2, 0.25) is 0 Å². The third kappa shape index (κ3) is 3.35. The zero-order chi connectivity index (χ0) is 15.7. The summed E-state index contributed by atoms with van der Waals surface area (Å²) in [6, 6.07) is 7.05. The highest BCUT2D eigenvalue weighted by Gasteiger charge is 2.63. The fourth-order valence-corrected chi connectivity index (χ4v) is 2.33. The van der Waals surface area contributed by atoms with E-state index in [2.05, 4.69) is 10.6 Å². The number of ether oxygens (including phenoxy) is 1. The first kappa shape index (κ1) is 15.4. The third-order valence-electron chi connectivity index (χ3n) is 4.36. The number of rotatable bonds is 4. The standard InChI is InChI=1S/C16H22N2O3/c1-11-5-7-12(8-6-11)18-14(20)17-10-21-13(19)16(4)9-15(16,2)3/h5-8H,9-10H2,1-4H3,(H2,17,18,20). The van der Waals surface area contributed by atoms with Crippen molar-refractivity contribution >= 4 is 17.7 Å². The van der Waals surface area contributed by atoms with Gasteiger partial charge < -0.3 is 15.4 Å². The van der Waals surface area contributed by atoms with E-state index < -0.39 is 11.4 Å². The first-order chi connectivity index (χ1) is 9.74. The van der Waals surface area contributed by atoms with Gasteiger partial charge in [-0.05, 0) is 37.8 Å². The molecule has 0 radical (unpaired) electrons. The molecule has 0 bridgehead atoms. The number of aryl methyl sites for hydroxylation is 1. The molecule has 0 spiro atoms. The highest BCUT2D eigenvalue weighted by molar-refractivity contribution is 5.89. The molecule has 0 aliphatic heterocycles. The average molecular weight is 290 g/mol. The second kappa shape index (κ2) is 5.39. The summed E-state index contributed by atoms with van der Waals surface area (Å²) < 4.78 is 5.12. The molecule has 1 aliphatic carbocycles. The molecule has 0 heterocycles. The normalized spacial score (nSPS) is 22.3. The summed E-state index contributed by atoms with van der Waals surface area (Å²) in [5.41, 5.74) is 1.37. The number of carbonyl (C=O) groups excluding carboxylic acids is 2. The molecule has 2 amide bonds. The van der Waals surface area contributed by atoms with Crippen molar-refractivity contribution in [2.24, 2.45) is 10.8 Å². The van der Waals surface area contributed by atoms with Gasteiger partial charge in [-0.2, -0.15) is 0 Å². The lowest BCUT2D eigenvalue weighted by atomic mass is 9.99. The topological polar surface area (TPSA) is 67.4 Å². The summed E-state index contributed by atoms with van der Waals surface area (Å²) in [5.74, 6) is -0.261. The van der Waals surface area contributed by atoms with E-state index >= 15 is 0 Å². The third-order valence-corrected chi connectivity index (χ3v) is 4.36. The van der Waals surface area contributed by atoms with Gasteiger partial charge in [-0.25, -0.2) is 4.79 Å². The van der Waals surface area contributed by atoms with Crippen LogP contribution in [-0.4, -0.2) is 18.7 Å². The van der Waals surface area contributed by atoms with E-state index in [1.165, 1.54) is 0 Å². The van der Waals surface area contributed by atoms with Crippen molar-refractivity contribution in [1.82, 2.24) is 5.32 Å². The van der Waals surface area contributed by atoms with Crippen LogP contribution in [0.4, 0.5) is 10.5 Å². The smallest absolute Gasteiger partial charge is 0.321 e. The number of carbonyl (C=O) groups is 2. The molecule has 1 aromatic rings. The van der Waals surface area contributed by atoms with Crippen molar-refractivity contribution in [2.75, 3.05) is 12.0 Å². The van der Waals surface area contributed by atoms with Crippen molar-refractivity contribution in [1.29, 1.82) is 0 Å². The maximum absolute atomic E-state index is 11.9. The molecule has 1 aliphatic rings. The van der Waals surface area contributed by atoms with Crippen LogP contribution < -0.4 is 10.6 Å². The molecule has 2 N–H and O–H groups in total. The van der Waals surface area contributed by atoms with E-state index in [0.29, 0.717) is 5.69 Å². The van der Waals surface area contributed by atoms with Crippen LogP contribution >= 0.6 is 0 Å². The van der Waals surface area contributed by atoms with Gasteiger partial charge >= 0.3 is 12.0 Å². The van der Waals surface area contributed by atoms with E-state index in [9.17, 15) is 9.59 Å². The lowest BCUT2D eigenvalue weighted by molar-refractivity contribution is -0.151. The van der Waals surface area contributed by atoms with Gasteiger partial charge in [0.25, 0.3) is 0 Å². The Labute approximate surface area is 125 Å². The maximum atomic E-state index is 11.9. The van der Waals surface area contributed by atoms with Crippen LogP contribution in [0.1, 0.15) is 32.8 Å². The van der Waals surface area contributed by atoms with Gasteiger partial charge in [-0.15, -0.1) is 0 Å². The number of hydrogen-bond acceptors (Lipinski definition) is 3. The molecule has 2 rings (SSSR count). The van der Waals surface area contributed by atoms with Gasteiger partial charge in [0.05, 0.1) is 5.41 Å². The quantitative estimate of drug-likeness (QED) is 0.661. The second-order valence-electron chi connectivity index (χ2n) is 6.47. The Bertz CT molecular complexity index is 551. The van der Waals surface area contributed by atoms with Gasteiger partial charge in [0.2, 0.25) is 0 Å². The highest BCUT2D eigenvalue weighted by atomic mass is 16.5. The zero-order valence-corrected chi connectivity index (χ0v) is 12.9. The van der Waals surface area contributed by atoms with Crippen LogP contribution in [-0.2, 0) is 9.53 Å². The van der Waals surface area contributed by atoms with Gasteiger partial charge in [0, 0.05) is 5.69 Å². The van der Waals surface area contributed by atoms with Crippen molar-refractivity contribution in [3.05, 3.63) is 29.8 Å². The molecule has 1 aromatic carbocycles. The molecule has 1 atom stereocenters. The van der Waals surface area contributed by atoms with Crippen LogP contribution in [0, 0.1) is 17.8 Å². The van der Waals surface area contributed by atoms with Crippen LogP contribution in [0.15, 0.2) is 24.3 Å². The Morgan fingerprint density at radius 3 is 2.29 bits per heavy atom. The Kier molecular flexibility index (Phi) is 3.94. The lowest BCUT2D eigenvalue weighted by Crippen LogP contribution is -2.33. The minimum Gasteiger partial charge on any atom is -0.444 e. The van der Waals surface area contributed by atoms with E-state index in [4.69, 9.17) is 4.74 Å². The van der Waals surface area contributed by atoms with Gasteiger partial charge in [0.15, 0.2) is 6.73 Å². The van der Waals surface area contributed by atoms with E-state index in [1.54, 1.807) is 0 Å². The van der Waals surface area contributed by atoms with E-state index in [1.807, 2.05) is 52.0 Å². The van der Waals surface area contributed by atoms with Crippen molar-refractivity contribution in [3.63, 3.8) is 0 Å². The number of esters is 1. The number of benzene rings is 1. The van der Waals surface area contributed by atoms with Crippen LogP contribution in [0.3, 0.4) is 0 Å². The number of anilines is 1. The Morgan fingerprint density at radius 2 is 1.76 bits per heavy atom. The number of hydrogen-bond donors (Lipinski definition) is 2. The number of nitrogens with one attached hydrogen (secondary N) is 2. The Hall–Kier alpha value is -2.04. The molecule has 5 nitrogen and oxygen atoms in total. The van der Waals surface area contributed by atoms with E-state index in [0.717, 1.165) is 12.0 Å². The summed E-state index contributed by atoms with van der Waals surface area (Å²) >= 11 is 0. The monoisotopic (exact) mass is 290 g/mol. The molecular weight excluding hydrogens is 268 g/mol. The average Bonchev–Trinajstić information content (AvgIpc) is 2.93. The summed E-state index contributed by atoms with van der Waals surface area (Å²) in [4.78, 5) is 23.6. The summed E-state index contributed by atoms with van der Waals surface area (Å²) in [6.07, 6.45) is 0.814. The zero-order valence-electron chi connectivity index (χ0n) is 12.9. The SMILES string of the molecule is Cc1ccc(NC(=O)NCOC(=O)C2(C)CC2(C)C)cc1. The molecule has 1 unspecified atom stereocenters. The van der Waals surface area contributed by atoms with E-state index in [-0.39, 0.29) is 18.1 Å². The predicted octanol–water partition coefficient (Wildman–Crippen LogP) is 3.05. The highest BCUT2D eigenvalue weighted by Crippen LogP contribution is 2.63. The summed E-state index contributed by atoms with van der Waals surface area (Å²) in [7, 11) is 0. The van der Waals surface area contributed by atoms with Crippen molar-refractivity contribution in [2.45, 2.75) is 34.1 Å². The fraction of sp³-hybridized carbons (Fsp3) is 0.500. The Balaban J connectivity index is 1.73. The minimum absolute atomic E-state index is 0.0196. The first-order valence-corrected chi connectivity index (χ1v) is 7.03. The number of amides is 2. The first-order valence-electron chi connectivity index (χ1n) is 7.03. The van der Waals surface area contributed by atoms with Crippen LogP contribution in [0.5, 0.6) is 0 Å². The molecule has 0 aromatic heterocycles. The van der Waals surface area contributed by atoms with Crippen LogP contribution in [0.25, 0.3) is 0 Å². The predicted molar refractivity (Wildman–Crippen MR) is 80.8 cm³/mol. The molecule has 1 fully saturated rings. The largest absolute Gasteiger partial charge is 0.444 e. The summed E-state index contributed by atoms with van der Waals surface area (Å²) in [5, 5.41) is 5.18. The fourth-order valence-electron chi connectivity index (χ4n) is 2.33. The van der Waals surface area contributed by atoms with Crippen molar-refractivity contribution in [3.8, 4) is 0 Å². The van der Waals surface area contributed by atoms with Crippen molar-refractivity contribution < 1.29 is 14.3 Å². The second-order valence-corrected chi connectivity index (χ2v) is 6.47. The lowest BCUT2D eigenvalue weighted by Gasteiger charge is -2.14. The molecule has 21 heavy (non-hydrogen) atoms. The molecule has 1 saturated carbocycles. The molecule has 0 saturated heterocycles.